The molecule has 0 radical (unpaired) electrons. The number of H-pyrrole nitrogens is 1. The Morgan fingerprint density at radius 2 is 1.47 bits per heavy atom. The number of aromatic nitrogens is 2. The second-order valence-electron chi connectivity index (χ2n) is 6.81. The maximum absolute atomic E-state index is 13.4. The Balaban J connectivity index is 1.84. The van der Waals surface area contributed by atoms with E-state index >= 15 is 0 Å². The normalized spacial score (nSPS) is 11.4. The average molecular weight is 420 g/mol. The lowest BCUT2D eigenvalue weighted by Gasteiger charge is -2.04. The van der Waals surface area contributed by atoms with Gasteiger partial charge in [-0.15, -0.1) is 0 Å². The van der Waals surface area contributed by atoms with Crippen molar-refractivity contribution < 1.29 is 17.6 Å². The number of carbonyl (C=O) groups is 1. The molecule has 4 aromatic rings. The van der Waals surface area contributed by atoms with Gasteiger partial charge in [-0.25, -0.2) is 17.8 Å². The van der Waals surface area contributed by atoms with E-state index in [1.54, 1.807) is 48.5 Å². The van der Waals surface area contributed by atoms with Crippen molar-refractivity contribution in [3.05, 3.63) is 96.1 Å². The van der Waals surface area contributed by atoms with E-state index in [0.29, 0.717) is 28.1 Å². The summed E-state index contributed by atoms with van der Waals surface area (Å²) in [5.41, 5.74) is 2.78. The van der Waals surface area contributed by atoms with Crippen LogP contribution in [-0.4, -0.2) is 30.4 Å². The van der Waals surface area contributed by atoms with Gasteiger partial charge in [0.2, 0.25) is 5.78 Å². The summed E-state index contributed by atoms with van der Waals surface area (Å²) in [6.45, 7) is 0. The van der Waals surface area contributed by atoms with E-state index in [-0.39, 0.29) is 22.3 Å². The molecule has 7 heteroatoms. The lowest BCUT2D eigenvalue weighted by molar-refractivity contribution is 0.103. The van der Waals surface area contributed by atoms with E-state index in [1.165, 1.54) is 24.3 Å². The smallest absolute Gasteiger partial charge is 0.228 e. The lowest BCUT2D eigenvalue weighted by atomic mass is 10.1. The van der Waals surface area contributed by atoms with Crippen molar-refractivity contribution in [3.63, 3.8) is 0 Å². The van der Waals surface area contributed by atoms with Crippen LogP contribution in [0.5, 0.6) is 0 Å². The first-order valence-corrected chi connectivity index (χ1v) is 11.0. The Hall–Kier alpha value is -3.58. The molecular formula is C23H17FN2O3S. The van der Waals surface area contributed by atoms with Crippen LogP contribution in [0.15, 0.2) is 83.8 Å². The molecule has 0 spiro atoms. The zero-order valence-corrected chi connectivity index (χ0v) is 16.8. The molecule has 1 aromatic heterocycles. The summed E-state index contributed by atoms with van der Waals surface area (Å²) in [7, 11) is -3.34. The maximum atomic E-state index is 13.4. The van der Waals surface area contributed by atoms with Crippen molar-refractivity contribution in [2.24, 2.45) is 0 Å². The van der Waals surface area contributed by atoms with Gasteiger partial charge in [-0.2, -0.15) is 0 Å². The number of imidazole rings is 1. The van der Waals surface area contributed by atoms with Crippen LogP contribution < -0.4 is 0 Å². The number of hydrogen-bond acceptors (Lipinski definition) is 4. The van der Waals surface area contributed by atoms with Gasteiger partial charge in [-0.05, 0) is 36.4 Å². The van der Waals surface area contributed by atoms with E-state index in [4.69, 9.17) is 0 Å². The molecule has 0 fully saturated rings. The fraction of sp³-hybridized carbons (Fsp3) is 0.0435. The average Bonchev–Trinajstić information content (AvgIpc) is 3.19. The summed E-state index contributed by atoms with van der Waals surface area (Å²) in [6, 6.07) is 20.8. The fourth-order valence-corrected chi connectivity index (χ4v) is 3.73. The molecule has 5 nitrogen and oxygen atoms in total. The summed E-state index contributed by atoms with van der Waals surface area (Å²) in [4.78, 5) is 20.6. The van der Waals surface area contributed by atoms with Gasteiger partial charge in [-0.1, -0.05) is 42.5 Å². The van der Waals surface area contributed by atoms with Crippen molar-refractivity contribution in [1.82, 2.24) is 9.97 Å². The molecule has 0 unspecified atom stereocenters. The number of nitrogens with one attached hydrogen (secondary N) is 1. The number of benzene rings is 3. The minimum atomic E-state index is -3.34. The molecule has 0 saturated carbocycles. The third kappa shape index (κ3) is 3.92. The molecule has 4 rings (SSSR count). The molecule has 1 N–H and O–H groups in total. The molecule has 0 bridgehead atoms. The van der Waals surface area contributed by atoms with Crippen LogP contribution in [0.4, 0.5) is 4.39 Å². The highest BCUT2D eigenvalue weighted by Gasteiger charge is 2.20. The van der Waals surface area contributed by atoms with Gasteiger partial charge < -0.3 is 4.98 Å². The number of rotatable bonds is 5. The molecule has 1 heterocycles. The predicted molar refractivity (Wildman–Crippen MR) is 112 cm³/mol. The van der Waals surface area contributed by atoms with Crippen LogP contribution in [0, 0.1) is 5.82 Å². The monoisotopic (exact) mass is 420 g/mol. The molecule has 0 saturated heterocycles. The van der Waals surface area contributed by atoms with E-state index in [0.717, 1.165) is 6.26 Å². The van der Waals surface area contributed by atoms with Crippen LogP contribution in [0.2, 0.25) is 0 Å². The number of aromatic amines is 1. The Morgan fingerprint density at radius 1 is 0.867 bits per heavy atom. The molecule has 0 aliphatic rings. The van der Waals surface area contributed by atoms with Crippen LogP contribution in [-0.2, 0) is 9.84 Å². The molecule has 3 aromatic carbocycles. The molecule has 30 heavy (non-hydrogen) atoms. The highest BCUT2D eigenvalue weighted by atomic mass is 32.2. The topological polar surface area (TPSA) is 79.9 Å². The number of ketones is 1. The Bertz CT molecular complexity index is 1310. The first-order chi connectivity index (χ1) is 14.3. The summed E-state index contributed by atoms with van der Waals surface area (Å²) in [5, 5.41) is 0. The number of halogens is 1. The minimum absolute atomic E-state index is 0.141. The summed E-state index contributed by atoms with van der Waals surface area (Å²) >= 11 is 0. The summed E-state index contributed by atoms with van der Waals surface area (Å²) < 4.78 is 36.9. The quantitative estimate of drug-likeness (QED) is 0.482. The van der Waals surface area contributed by atoms with E-state index in [9.17, 15) is 17.6 Å². The third-order valence-corrected chi connectivity index (χ3v) is 5.77. The van der Waals surface area contributed by atoms with Crippen molar-refractivity contribution >= 4 is 15.6 Å². The fourth-order valence-electron chi connectivity index (χ4n) is 3.10. The lowest BCUT2D eigenvalue weighted by Crippen LogP contribution is -2.03. The van der Waals surface area contributed by atoms with Crippen LogP contribution in [0.3, 0.4) is 0 Å². The van der Waals surface area contributed by atoms with Crippen molar-refractivity contribution in [2.45, 2.75) is 4.90 Å². The number of hydrogen-bond donors (Lipinski definition) is 1. The minimum Gasteiger partial charge on any atom is -0.335 e. The van der Waals surface area contributed by atoms with Gasteiger partial charge in [0.1, 0.15) is 5.82 Å². The SMILES string of the molecule is CS(=O)(=O)c1ccc(-c2nc(C(=O)c3ccccc3)[nH]c2-c2ccc(F)cc2)cc1. The second kappa shape index (κ2) is 7.68. The number of carbonyl (C=O) groups excluding carboxylic acids is 1. The van der Waals surface area contributed by atoms with Crippen LogP contribution in [0.25, 0.3) is 22.5 Å². The standard InChI is InChI=1S/C23H17FN2O3S/c1-30(28,29)19-13-9-16(10-14-19)21-20(15-7-11-18(24)12-8-15)25-23(26-21)22(27)17-5-3-2-4-6-17/h2-14H,1H3,(H,25,26). The summed E-state index contributed by atoms with van der Waals surface area (Å²) in [5.74, 6) is -0.515. The highest BCUT2D eigenvalue weighted by molar-refractivity contribution is 7.90. The van der Waals surface area contributed by atoms with Gasteiger partial charge in [0, 0.05) is 22.9 Å². The third-order valence-electron chi connectivity index (χ3n) is 4.64. The molecule has 150 valence electrons. The second-order valence-corrected chi connectivity index (χ2v) is 8.82. The molecule has 0 atom stereocenters. The zero-order valence-electron chi connectivity index (χ0n) is 16.0. The first kappa shape index (κ1) is 19.7. The molecular weight excluding hydrogens is 403 g/mol. The van der Waals surface area contributed by atoms with E-state index in [1.807, 2.05) is 6.07 Å². The Morgan fingerprint density at radius 3 is 2.07 bits per heavy atom. The van der Waals surface area contributed by atoms with E-state index < -0.39 is 9.84 Å². The zero-order chi connectivity index (χ0) is 21.3. The van der Waals surface area contributed by atoms with Gasteiger partial charge in [0.15, 0.2) is 15.7 Å². The molecule has 0 aliphatic heterocycles. The van der Waals surface area contributed by atoms with Crippen LogP contribution >= 0.6 is 0 Å². The Kier molecular flexibility index (Phi) is 5.05. The maximum Gasteiger partial charge on any atom is 0.228 e. The largest absolute Gasteiger partial charge is 0.335 e. The van der Waals surface area contributed by atoms with Crippen molar-refractivity contribution in [2.75, 3.05) is 6.26 Å². The van der Waals surface area contributed by atoms with Gasteiger partial charge >= 0.3 is 0 Å². The summed E-state index contributed by atoms with van der Waals surface area (Å²) in [6.07, 6.45) is 1.14. The van der Waals surface area contributed by atoms with Gasteiger partial charge in [0.05, 0.1) is 16.3 Å². The first-order valence-electron chi connectivity index (χ1n) is 9.09. The molecule has 0 aliphatic carbocycles. The van der Waals surface area contributed by atoms with Gasteiger partial charge in [0.25, 0.3) is 0 Å². The van der Waals surface area contributed by atoms with Crippen molar-refractivity contribution in [1.29, 1.82) is 0 Å². The van der Waals surface area contributed by atoms with Gasteiger partial charge in [-0.3, -0.25) is 4.79 Å². The highest BCUT2D eigenvalue weighted by Crippen LogP contribution is 2.31. The number of nitrogens with zero attached hydrogens (tertiary/aromatic N) is 1. The van der Waals surface area contributed by atoms with Crippen molar-refractivity contribution in [3.8, 4) is 22.5 Å². The Labute approximate surface area is 173 Å². The predicted octanol–water partition coefficient (Wildman–Crippen LogP) is 4.52. The van der Waals surface area contributed by atoms with Crippen LogP contribution in [0.1, 0.15) is 16.2 Å². The molecule has 0 amide bonds. The number of sulfone groups is 1. The van der Waals surface area contributed by atoms with E-state index in [2.05, 4.69) is 9.97 Å².